The van der Waals surface area contributed by atoms with Gasteiger partial charge in [0, 0.05) is 25.7 Å². The first kappa shape index (κ1) is 20.4. The van der Waals surface area contributed by atoms with Crippen molar-refractivity contribution < 1.29 is 19.4 Å². The quantitative estimate of drug-likeness (QED) is 0.677. The summed E-state index contributed by atoms with van der Waals surface area (Å²) in [5.41, 5.74) is 2.14. The molecule has 2 atom stereocenters. The average molecular weight is 411 g/mol. The van der Waals surface area contributed by atoms with Gasteiger partial charge in [0.1, 0.15) is 17.6 Å². The standard InChI is InChI=1S/C24H30N2O4/c1-17(25(2)24(27)28)19-5-9-22(10-6-19)30-23-13-14-26(15-23)20-7-11-21(12-8-20)29-16-18-3-4-18/h5-12,17-18,23H,3-4,13-16H2,1-2H3,(H,27,28)/t17-,23+/m0/s1. The second-order valence-corrected chi connectivity index (χ2v) is 8.36. The molecule has 2 aromatic carbocycles. The summed E-state index contributed by atoms with van der Waals surface area (Å²) in [5, 5.41) is 9.13. The third kappa shape index (κ3) is 4.99. The molecule has 1 heterocycles. The lowest BCUT2D eigenvalue weighted by molar-refractivity contribution is 0.142. The zero-order chi connectivity index (χ0) is 21.1. The Hall–Kier alpha value is -2.89. The monoisotopic (exact) mass is 410 g/mol. The molecule has 1 N–H and O–H groups in total. The van der Waals surface area contributed by atoms with Crippen LogP contribution in [0.3, 0.4) is 0 Å². The fraction of sp³-hybridized carbons (Fsp3) is 0.458. The molecule has 0 aromatic heterocycles. The van der Waals surface area contributed by atoms with Gasteiger partial charge in [0.25, 0.3) is 0 Å². The molecule has 0 bridgehead atoms. The molecule has 0 radical (unpaired) electrons. The van der Waals surface area contributed by atoms with Crippen LogP contribution in [0.25, 0.3) is 0 Å². The molecular formula is C24H30N2O4. The number of nitrogens with zero attached hydrogens (tertiary/aromatic N) is 2. The van der Waals surface area contributed by atoms with Gasteiger partial charge in [-0.25, -0.2) is 4.79 Å². The molecule has 2 fully saturated rings. The van der Waals surface area contributed by atoms with E-state index in [2.05, 4.69) is 29.2 Å². The van der Waals surface area contributed by atoms with Crippen molar-refractivity contribution in [2.45, 2.75) is 38.3 Å². The molecule has 4 rings (SSSR count). The molecule has 2 aromatic rings. The van der Waals surface area contributed by atoms with Gasteiger partial charge >= 0.3 is 6.09 Å². The van der Waals surface area contributed by atoms with Crippen molar-refractivity contribution in [3.8, 4) is 11.5 Å². The van der Waals surface area contributed by atoms with Crippen LogP contribution in [0.4, 0.5) is 10.5 Å². The van der Waals surface area contributed by atoms with Crippen molar-refractivity contribution in [1.82, 2.24) is 4.90 Å². The van der Waals surface area contributed by atoms with Gasteiger partial charge in [-0.2, -0.15) is 0 Å². The van der Waals surface area contributed by atoms with Gasteiger partial charge in [-0.3, -0.25) is 0 Å². The summed E-state index contributed by atoms with van der Waals surface area (Å²) >= 11 is 0. The highest BCUT2D eigenvalue weighted by Gasteiger charge is 2.25. The van der Waals surface area contributed by atoms with Crippen LogP contribution in [0.1, 0.15) is 37.8 Å². The summed E-state index contributed by atoms with van der Waals surface area (Å²) < 4.78 is 12.0. The van der Waals surface area contributed by atoms with Crippen LogP contribution in [0.2, 0.25) is 0 Å². The maximum atomic E-state index is 11.1. The molecule has 2 aliphatic rings. The van der Waals surface area contributed by atoms with E-state index in [4.69, 9.17) is 14.6 Å². The summed E-state index contributed by atoms with van der Waals surface area (Å²) in [6, 6.07) is 15.9. The summed E-state index contributed by atoms with van der Waals surface area (Å²) in [5.74, 6) is 2.52. The predicted molar refractivity (Wildman–Crippen MR) is 117 cm³/mol. The highest BCUT2D eigenvalue weighted by Crippen LogP contribution is 2.31. The number of benzene rings is 2. The Morgan fingerprint density at radius 2 is 1.77 bits per heavy atom. The predicted octanol–water partition coefficient (Wildman–Crippen LogP) is 4.80. The van der Waals surface area contributed by atoms with Crippen molar-refractivity contribution in [3.63, 3.8) is 0 Å². The van der Waals surface area contributed by atoms with E-state index in [0.717, 1.165) is 49.1 Å². The lowest BCUT2D eigenvalue weighted by Crippen LogP contribution is -2.27. The van der Waals surface area contributed by atoms with Crippen LogP contribution in [0.15, 0.2) is 48.5 Å². The van der Waals surface area contributed by atoms with Crippen LogP contribution < -0.4 is 14.4 Å². The lowest BCUT2D eigenvalue weighted by Gasteiger charge is -2.22. The lowest BCUT2D eigenvalue weighted by atomic mass is 10.1. The Bertz CT molecular complexity index is 849. The van der Waals surface area contributed by atoms with E-state index in [1.165, 1.54) is 23.4 Å². The minimum atomic E-state index is -0.934. The van der Waals surface area contributed by atoms with Crippen LogP contribution in [0, 0.1) is 5.92 Å². The third-order valence-corrected chi connectivity index (χ3v) is 6.08. The first-order chi connectivity index (χ1) is 14.5. The fourth-order valence-corrected chi connectivity index (χ4v) is 3.72. The van der Waals surface area contributed by atoms with E-state index in [1.807, 2.05) is 31.2 Å². The van der Waals surface area contributed by atoms with E-state index in [1.54, 1.807) is 7.05 Å². The van der Waals surface area contributed by atoms with Gasteiger partial charge in [0.05, 0.1) is 19.2 Å². The molecule has 1 amide bonds. The van der Waals surface area contributed by atoms with E-state index in [0.29, 0.717) is 0 Å². The molecule has 160 valence electrons. The Labute approximate surface area is 178 Å². The Kier molecular flexibility index (Phi) is 6.02. The highest BCUT2D eigenvalue weighted by molar-refractivity contribution is 5.65. The molecule has 1 saturated heterocycles. The number of ether oxygens (including phenoxy) is 2. The van der Waals surface area contributed by atoms with E-state index in [-0.39, 0.29) is 12.1 Å². The molecule has 30 heavy (non-hydrogen) atoms. The molecular weight excluding hydrogens is 380 g/mol. The molecule has 6 heteroatoms. The van der Waals surface area contributed by atoms with Crippen molar-refractivity contribution in [1.29, 1.82) is 0 Å². The van der Waals surface area contributed by atoms with E-state index in [9.17, 15) is 4.79 Å². The SMILES string of the molecule is C[C@@H](c1ccc(O[C@@H]2CCN(c3ccc(OCC4CC4)cc3)C2)cc1)N(C)C(=O)O. The molecule has 0 unspecified atom stereocenters. The van der Waals surface area contributed by atoms with Gasteiger partial charge in [-0.1, -0.05) is 12.1 Å². The van der Waals surface area contributed by atoms with Gasteiger partial charge in [-0.15, -0.1) is 0 Å². The van der Waals surface area contributed by atoms with Crippen LogP contribution in [-0.4, -0.2) is 48.9 Å². The van der Waals surface area contributed by atoms with Gasteiger partial charge in [0.2, 0.25) is 0 Å². The zero-order valence-corrected chi connectivity index (χ0v) is 17.7. The number of carbonyl (C=O) groups is 1. The second kappa shape index (κ2) is 8.86. The third-order valence-electron chi connectivity index (χ3n) is 6.08. The maximum absolute atomic E-state index is 11.1. The van der Waals surface area contributed by atoms with Gasteiger partial charge in [-0.05, 0) is 67.6 Å². The minimum absolute atomic E-state index is 0.140. The van der Waals surface area contributed by atoms with Crippen LogP contribution in [0.5, 0.6) is 11.5 Å². The number of amides is 1. The average Bonchev–Trinajstić information content (AvgIpc) is 3.48. The minimum Gasteiger partial charge on any atom is -0.493 e. The highest BCUT2D eigenvalue weighted by atomic mass is 16.5. The normalized spacial score (nSPS) is 19.4. The van der Waals surface area contributed by atoms with E-state index < -0.39 is 6.09 Å². The molecule has 1 aliphatic heterocycles. The summed E-state index contributed by atoms with van der Waals surface area (Å²) in [6.07, 6.45) is 2.78. The molecule has 1 aliphatic carbocycles. The van der Waals surface area contributed by atoms with Crippen molar-refractivity contribution >= 4 is 11.8 Å². The van der Waals surface area contributed by atoms with Crippen LogP contribution in [-0.2, 0) is 0 Å². The first-order valence-electron chi connectivity index (χ1n) is 10.7. The maximum Gasteiger partial charge on any atom is 0.407 e. The van der Waals surface area contributed by atoms with Crippen molar-refractivity contribution in [2.24, 2.45) is 5.92 Å². The molecule has 6 nitrogen and oxygen atoms in total. The Morgan fingerprint density at radius 3 is 2.40 bits per heavy atom. The zero-order valence-electron chi connectivity index (χ0n) is 17.7. The summed E-state index contributed by atoms with van der Waals surface area (Å²) in [6.45, 7) is 4.53. The smallest absolute Gasteiger partial charge is 0.407 e. The first-order valence-corrected chi connectivity index (χ1v) is 10.7. The molecule has 1 saturated carbocycles. The van der Waals surface area contributed by atoms with Gasteiger partial charge in [0.15, 0.2) is 0 Å². The number of anilines is 1. The number of hydrogen-bond acceptors (Lipinski definition) is 4. The number of rotatable bonds is 8. The van der Waals surface area contributed by atoms with Gasteiger partial charge < -0.3 is 24.4 Å². The van der Waals surface area contributed by atoms with Crippen molar-refractivity contribution in [3.05, 3.63) is 54.1 Å². The van der Waals surface area contributed by atoms with Crippen molar-refractivity contribution in [2.75, 3.05) is 31.6 Å². The number of carboxylic acid groups (broad SMARTS) is 1. The summed E-state index contributed by atoms with van der Waals surface area (Å²) in [7, 11) is 1.58. The van der Waals surface area contributed by atoms with E-state index >= 15 is 0 Å². The Morgan fingerprint density at radius 1 is 1.10 bits per heavy atom. The number of hydrogen-bond donors (Lipinski definition) is 1. The summed E-state index contributed by atoms with van der Waals surface area (Å²) in [4.78, 5) is 14.8. The largest absolute Gasteiger partial charge is 0.493 e. The fourth-order valence-electron chi connectivity index (χ4n) is 3.72. The Balaban J connectivity index is 1.28. The topological polar surface area (TPSA) is 62.2 Å². The second-order valence-electron chi connectivity index (χ2n) is 8.36. The van der Waals surface area contributed by atoms with Crippen LogP contribution >= 0.6 is 0 Å². The molecule has 0 spiro atoms.